The number of unbranched alkanes of at least 4 members (excludes halogenated alkanes) is 1. The molecule has 136 valence electrons. The number of oxazole rings is 1. The molecular weight excluding hydrogens is 316 g/mol. The van der Waals surface area contributed by atoms with E-state index in [1.807, 2.05) is 32.0 Å². The molecule has 0 atom stereocenters. The molecule has 1 heterocycles. The molecule has 0 unspecified atom stereocenters. The Morgan fingerprint density at radius 3 is 2.64 bits per heavy atom. The van der Waals surface area contributed by atoms with Crippen LogP contribution in [0.3, 0.4) is 0 Å². The van der Waals surface area contributed by atoms with Crippen LogP contribution < -0.4 is 10.6 Å². The van der Waals surface area contributed by atoms with Gasteiger partial charge in [-0.25, -0.2) is 4.98 Å². The number of guanidine groups is 1. The summed E-state index contributed by atoms with van der Waals surface area (Å²) in [5.74, 6) is 2.28. The van der Waals surface area contributed by atoms with Gasteiger partial charge in [-0.15, -0.1) is 0 Å². The van der Waals surface area contributed by atoms with Crippen LogP contribution >= 0.6 is 0 Å². The van der Waals surface area contributed by atoms with Gasteiger partial charge in [0.1, 0.15) is 5.76 Å². The van der Waals surface area contributed by atoms with Gasteiger partial charge in [0.2, 0.25) is 5.89 Å². The maximum atomic E-state index is 5.68. The van der Waals surface area contributed by atoms with E-state index in [1.54, 1.807) is 7.05 Å². The highest BCUT2D eigenvalue weighted by Crippen LogP contribution is 2.07. The Balaban J connectivity index is 1.53. The lowest BCUT2D eigenvalue weighted by atomic mass is 10.2. The summed E-state index contributed by atoms with van der Waals surface area (Å²) in [6, 6.07) is 10.2. The van der Waals surface area contributed by atoms with E-state index in [1.165, 1.54) is 5.56 Å². The van der Waals surface area contributed by atoms with E-state index in [-0.39, 0.29) is 0 Å². The second kappa shape index (κ2) is 10.5. The second-order valence-corrected chi connectivity index (χ2v) is 5.85. The number of aromatic nitrogens is 1. The van der Waals surface area contributed by atoms with Crippen LogP contribution in [-0.2, 0) is 17.9 Å². The molecule has 0 radical (unpaired) electrons. The molecule has 2 aromatic rings. The van der Waals surface area contributed by atoms with E-state index in [0.29, 0.717) is 19.0 Å². The Hall–Kier alpha value is -2.34. The number of rotatable bonds is 9. The molecule has 25 heavy (non-hydrogen) atoms. The molecule has 0 bridgehead atoms. The van der Waals surface area contributed by atoms with Crippen LogP contribution in [-0.4, -0.2) is 31.1 Å². The molecule has 1 aromatic heterocycles. The summed E-state index contributed by atoms with van der Waals surface area (Å²) in [7, 11) is 1.75. The van der Waals surface area contributed by atoms with E-state index in [0.717, 1.165) is 43.4 Å². The molecule has 0 fully saturated rings. The fraction of sp³-hybridized carbons (Fsp3) is 0.474. The predicted molar refractivity (Wildman–Crippen MR) is 99.5 cm³/mol. The zero-order valence-corrected chi connectivity index (χ0v) is 15.3. The van der Waals surface area contributed by atoms with Crippen molar-refractivity contribution in [1.82, 2.24) is 15.6 Å². The van der Waals surface area contributed by atoms with Crippen LogP contribution in [0.1, 0.15) is 35.7 Å². The SMILES string of the molecule is CN=C(NCCCCOCc1ccccc1)NCc1nc(C)c(C)o1. The highest BCUT2D eigenvalue weighted by atomic mass is 16.5. The molecule has 0 aliphatic carbocycles. The van der Waals surface area contributed by atoms with Crippen molar-refractivity contribution in [2.75, 3.05) is 20.2 Å². The van der Waals surface area contributed by atoms with Crippen LogP contribution in [0, 0.1) is 13.8 Å². The largest absolute Gasteiger partial charge is 0.444 e. The highest BCUT2D eigenvalue weighted by molar-refractivity contribution is 5.79. The molecule has 2 N–H and O–H groups in total. The van der Waals surface area contributed by atoms with Crippen LogP contribution in [0.15, 0.2) is 39.7 Å². The first-order valence-electron chi connectivity index (χ1n) is 8.68. The number of nitrogens with one attached hydrogen (secondary N) is 2. The topological polar surface area (TPSA) is 71.7 Å². The Labute approximate surface area is 149 Å². The van der Waals surface area contributed by atoms with E-state index >= 15 is 0 Å². The summed E-state index contributed by atoms with van der Waals surface area (Å²) < 4.78 is 11.2. The second-order valence-electron chi connectivity index (χ2n) is 5.85. The van der Waals surface area contributed by atoms with Crippen molar-refractivity contribution in [3.8, 4) is 0 Å². The van der Waals surface area contributed by atoms with Crippen molar-refractivity contribution in [2.24, 2.45) is 4.99 Å². The number of aryl methyl sites for hydroxylation is 2. The smallest absolute Gasteiger partial charge is 0.214 e. The van der Waals surface area contributed by atoms with E-state index in [2.05, 4.69) is 32.7 Å². The molecule has 0 spiro atoms. The Morgan fingerprint density at radius 1 is 1.16 bits per heavy atom. The minimum atomic E-state index is 0.522. The van der Waals surface area contributed by atoms with Gasteiger partial charge in [-0.05, 0) is 32.3 Å². The molecule has 0 saturated heterocycles. The zero-order chi connectivity index (χ0) is 17.9. The van der Waals surface area contributed by atoms with Crippen LogP contribution in [0.2, 0.25) is 0 Å². The van der Waals surface area contributed by atoms with Crippen molar-refractivity contribution in [2.45, 2.75) is 39.8 Å². The maximum Gasteiger partial charge on any atom is 0.214 e. The first-order valence-corrected chi connectivity index (χ1v) is 8.68. The highest BCUT2D eigenvalue weighted by Gasteiger charge is 2.06. The standard InChI is InChI=1S/C19H28N4O2/c1-15-16(2)25-18(23-15)13-22-19(20-3)21-11-7-8-12-24-14-17-9-5-4-6-10-17/h4-6,9-10H,7-8,11-14H2,1-3H3,(H2,20,21,22). The predicted octanol–water partition coefficient (Wildman–Crippen LogP) is 2.95. The van der Waals surface area contributed by atoms with Crippen molar-refractivity contribution >= 4 is 5.96 Å². The summed E-state index contributed by atoms with van der Waals surface area (Å²) in [5, 5.41) is 6.48. The molecule has 6 heteroatoms. The number of aliphatic imine (C=N–C) groups is 1. The number of benzene rings is 1. The molecule has 2 rings (SSSR count). The van der Waals surface area contributed by atoms with Crippen LogP contribution in [0.5, 0.6) is 0 Å². The van der Waals surface area contributed by atoms with E-state index in [9.17, 15) is 0 Å². The van der Waals surface area contributed by atoms with Gasteiger partial charge >= 0.3 is 0 Å². The number of nitrogens with zero attached hydrogens (tertiary/aromatic N) is 2. The number of hydrogen-bond donors (Lipinski definition) is 2. The molecule has 0 saturated carbocycles. The summed E-state index contributed by atoms with van der Waals surface area (Å²) in [6.45, 7) is 6.66. The average Bonchev–Trinajstić information content (AvgIpc) is 2.95. The van der Waals surface area contributed by atoms with Crippen LogP contribution in [0.25, 0.3) is 0 Å². The third-order valence-electron chi connectivity index (χ3n) is 3.82. The molecular formula is C19H28N4O2. The molecule has 1 aromatic carbocycles. The molecule has 6 nitrogen and oxygen atoms in total. The van der Waals surface area contributed by atoms with Gasteiger partial charge in [-0.2, -0.15) is 0 Å². The lowest BCUT2D eigenvalue weighted by Gasteiger charge is -2.10. The van der Waals surface area contributed by atoms with Crippen molar-refractivity contribution < 1.29 is 9.15 Å². The van der Waals surface area contributed by atoms with E-state index in [4.69, 9.17) is 9.15 Å². The lowest BCUT2D eigenvalue weighted by Crippen LogP contribution is -2.37. The summed E-state index contributed by atoms with van der Waals surface area (Å²) in [4.78, 5) is 8.54. The lowest BCUT2D eigenvalue weighted by molar-refractivity contribution is 0.117. The third kappa shape index (κ3) is 6.97. The van der Waals surface area contributed by atoms with Crippen molar-refractivity contribution in [3.63, 3.8) is 0 Å². The van der Waals surface area contributed by atoms with Gasteiger partial charge in [0.25, 0.3) is 0 Å². The molecule has 0 aliphatic heterocycles. The minimum absolute atomic E-state index is 0.522. The number of hydrogen-bond acceptors (Lipinski definition) is 4. The van der Waals surface area contributed by atoms with Gasteiger partial charge < -0.3 is 19.8 Å². The van der Waals surface area contributed by atoms with E-state index < -0.39 is 0 Å². The van der Waals surface area contributed by atoms with Crippen LogP contribution in [0.4, 0.5) is 0 Å². The summed E-state index contributed by atoms with van der Waals surface area (Å²) >= 11 is 0. The van der Waals surface area contributed by atoms with Crippen molar-refractivity contribution in [3.05, 3.63) is 53.2 Å². The minimum Gasteiger partial charge on any atom is -0.444 e. The first-order chi connectivity index (χ1) is 12.2. The maximum absolute atomic E-state index is 5.68. The van der Waals surface area contributed by atoms with Gasteiger partial charge in [0.05, 0.1) is 18.8 Å². The van der Waals surface area contributed by atoms with Gasteiger partial charge in [-0.1, -0.05) is 30.3 Å². The summed E-state index contributed by atoms with van der Waals surface area (Å²) in [6.07, 6.45) is 2.03. The fourth-order valence-electron chi connectivity index (χ4n) is 2.29. The van der Waals surface area contributed by atoms with Gasteiger partial charge in [0, 0.05) is 20.2 Å². The Kier molecular flexibility index (Phi) is 7.98. The monoisotopic (exact) mass is 344 g/mol. The zero-order valence-electron chi connectivity index (χ0n) is 15.3. The summed E-state index contributed by atoms with van der Waals surface area (Å²) in [5.41, 5.74) is 2.14. The average molecular weight is 344 g/mol. The normalized spacial score (nSPS) is 11.6. The Morgan fingerprint density at radius 2 is 1.96 bits per heavy atom. The quantitative estimate of drug-likeness (QED) is 0.416. The molecule has 0 aliphatic rings. The van der Waals surface area contributed by atoms with Gasteiger partial charge in [0.15, 0.2) is 5.96 Å². The first kappa shape index (κ1) is 19.0. The Bertz CT molecular complexity index is 633. The third-order valence-corrected chi connectivity index (χ3v) is 3.82. The van der Waals surface area contributed by atoms with Crippen molar-refractivity contribution in [1.29, 1.82) is 0 Å². The van der Waals surface area contributed by atoms with Gasteiger partial charge in [-0.3, -0.25) is 4.99 Å². The molecule has 0 amide bonds. The fourth-order valence-corrected chi connectivity index (χ4v) is 2.29. The number of ether oxygens (including phenoxy) is 1.